The van der Waals surface area contributed by atoms with E-state index in [4.69, 9.17) is 32.8 Å². The molecule has 2 fully saturated rings. The van der Waals surface area contributed by atoms with Gasteiger partial charge in [0, 0.05) is 25.4 Å². The predicted molar refractivity (Wildman–Crippen MR) is 123 cm³/mol. The summed E-state index contributed by atoms with van der Waals surface area (Å²) in [6, 6.07) is -1.73. The zero-order valence-electron chi connectivity index (χ0n) is 19.3. The van der Waals surface area contributed by atoms with Crippen molar-refractivity contribution in [2.24, 2.45) is 5.92 Å². The minimum absolute atomic E-state index is 0.0244. The Kier molecular flexibility index (Phi) is 8.72. The molecule has 0 spiro atoms. The molecule has 3 amide bonds. The van der Waals surface area contributed by atoms with Crippen molar-refractivity contribution in [2.75, 3.05) is 13.2 Å². The van der Waals surface area contributed by atoms with E-state index >= 15 is 0 Å². The number of cyclic esters (lactones) is 1. The molecule has 3 rings (SSSR count). The van der Waals surface area contributed by atoms with E-state index in [1.807, 2.05) is 0 Å². The molecule has 0 unspecified atom stereocenters. The summed E-state index contributed by atoms with van der Waals surface area (Å²) in [5, 5.41) is 3.91. The van der Waals surface area contributed by atoms with Crippen molar-refractivity contribution in [1.82, 2.24) is 20.3 Å². The number of carbonyl (C=O) groups is 4. The molecular weight excluding hydrogens is 487 g/mol. The number of rotatable bonds is 8. The molecule has 0 aliphatic carbocycles. The van der Waals surface area contributed by atoms with Crippen molar-refractivity contribution in [3.05, 3.63) is 28.0 Å². The first-order chi connectivity index (χ1) is 16.1. The Morgan fingerprint density at radius 2 is 1.94 bits per heavy atom. The van der Waals surface area contributed by atoms with Crippen LogP contribution in [0.25, 0.3) is 0 Å². The van der Waals surface area contributed by atoms with Crippen LogP contribution in [0.4, 0.5) is 0 Å². The largest absolute Gasteiger partial charge is 0.439 e. The molecule has 186 valence electrons. The zero-order valence-corrected chi connectivity index (χ0v) is 20.8. The number of hydroxylamine groups is 2. The van der Waals surface area contributed by atoms with E-state index in [1.165, 1.54) is 17.3 Å². The summed E-state index contributed by atoms with van der Waals surface area (Å²) in [6.45, 7) is 5.83. The second-order valence-corrected chi connectivity index (χ2v) is 9.24. The van der Waals surface area contributed by atoms with Crippen LogP contribution in [-0.2, 0) is 24.0 Å². The fourth-order valence-corrected chi connectivity index (χ4v) is 4.61. The van der Waals surface area contributed by atoms with Crippen LogP contribution in [0.5, 0.6) is 0 Å². The number of ether oxygens (including phenoxy) is 1. The fraction of sp³-hybridized carbons (Fsp3) is 0.591. The Balaban J connectivity index is 1.79. The van der Waals surface area contributed by atoms with Crippen molar-refractivity contribution < 1.29 is 28.8 Å². The van der Waals surface area contributed by atoms with E-state index < -0.39 is 42.0 Å². The molecule has 3 heterocycles. The number of hydrogen-bond donors (Lipinski definition) is 1. The van der Waals surface area contributed by atoms with Crippen LogP contribution in [0.15, 0.2) is 12.4 Å². The molecule has 0 bridgehead atoms. The van der Waals surface area contributed by atoms with Gasteiger partial charge in [0.2, 0.25) is 12.1 Å². The molecule has 0 aromatic carbocycles. The normalized spacial score (nSPS) is 20.9. The van der Waals surface area contributed by atoms with Gasteiger partial charge in [-0.05, 0) is 25.7 Å². The first-order valence-electron chi connectivity index (χ1n) is 11.2. The number of nitrogens with zero attached hydrogens (tertiary/aromatic N) is 3. The molecule has 0 saturated carbocycles. The van der Waals surface area contributed by atoms with Gasteiger partial charge in [-0.1, -0.05) is 37.0 Å². The van der Waals surface area contributed by atoms with Gasteiger partial charge in [0.25, 0.3) is 11.8 Å². The van der Waals surface area contributed by atoms with Crippen LogP contribution in [0.3, 0.4) is 0 Å². The van der Waals surface area contributed by atoms with Crippen LogP contribution < -0.4 is 5.32 Å². The topological polar surface area (TPSA) is 118 Å². The minimum Gasteiger partial charge on any atom is -0.439 e. The number of nitrogens with one attached hydrogen (secondary N) is 1. The molecule has 2 saturated heterocycles. The number of aromatic nitrogens is 1. The Morgan fingerprint density at radius 1 is 1.26 bits per heavy atom. The van der Waals surface area contributed by atoms with Crippen LogP contribution >= 0.6 is 23.2 Å². The highest BCUT2D eigenvalue weighted by atomic mass is 35.5. The summed E-state index contributed by atoms with van der Waals surface area (Å²) < 4.78 is 5.21. The highest BCUT2D eigenvalue weighted by Crippen LogP contribution is 2.27. The van der Waals surface area contributed by atoms with E-state index in [-0.39, 0.29) is 34.6 Å². The van der Waals surface area contributed by atoms with E-state index in [9.17, 15) is 19.2 Å². The van der Waals surface area contributed by atoms with Gasteiger partial charge in [0.1, 0.15) is 12.1 Å². The standard InChI is InChI=1S/C22H28Cl2N4O6/c1-4-33-28(16-7-8-17(29)34-16)21(31)15-6-5-9-27(15)22(32)19(12(2)3)26-20(30)18-13(23)10-25-11-14(18)24/h10-12,15-16,19H,4-9H2,1-3H3,(H,26,30)/t15-,16+,19-/m0/s1. The number of esters is 1. The second-order valence-electron chi connectivity index (χ2n) is 8.43. The van der Waals surface area contributed by atoms with Crippen molar-refractivity contribution in [3.8, 4) is 0 Å². The molecule has 2 aliphatic rings. The SMILES string of the molecule is CCON(C(=O)[C@@H]1CCCN1C(=O)[C@@H](NC(=O)c1c(Cl)cncc1Cl)C(C)C)[C@H]1CCC(=O)O1. The summed E-state index contributed by atoms with van der Waals surface area (Å²) in [6.07, 6.45) is 3.31. The molecule has 10 nitrogen and oxygen atoms in total. The third-order valence-electron chi connectivity index (χ3n) is 5.73. The van der Waals surface area contributed by atoms with E-state index in [2.05, 4.69) is 10.3 Å². The summed E-state index contributed by atoms with van der Waals surface area (Å²) in [7, 11) is 0. The van der Waals surface area contributed by atoms with Gasteiger partial charge in [-0.2, -0.15) is 5.06 Å². The molecule has 34 heavy (non-hydrogen) atoms. The van der Waals surface area contributed by atoms with Gasteiger partial charge >= 0.3 is 5.97 Å². The number of halogens is 2. The Hall–Kier alpha value is -2.43. The van der Waals surface area contributed by atoms with Gasteiger partial charge in [0.15, 0.2) is 0 Å². The number of likely N-dealkylation sites (tertiary alicyclic amines) is 1. The lowest BCUT2D eigenvalue weighted by Crippen LogP contribution is -2.56. The first-order valence-corrected chi connectivity index (χ1v) is 12.0. The monoisotopic (exact) mass is 514 g/mol. The molecule has 1 N–H and O–H groups in total. The molecule has 2 aliphatic heterocycles. The third kappa shape index (κ3) is 5.61. The molecule has 3 atom stereocenters. The predicted octanol–water partition coefficient (Wildman–Crippen LogP) is 2.58. The summed E-state index contributed by atoms with van der Waals surface area (Å²) in [5.41, 5.74) is 0.0244. The lowest BCUT2D eigenvalue weighted by molar-refractivity contribution is -0.235. The van der Waals surface area contributed by atoms with Crippen LogP contribution in [0.1, 0.15) is 56.8 Å². The zero-order chi connectivity index (χ0) is 25.0. The number of pyridine rings is 1. The molecule has 12 heteroatoms. The maximum absolute atomic E-state index is 13.5. The average Bonchev–Trinajstić information content (AvgIpc) is 3.44. The molecule has 1 aromatic rings. The molecule has 1 aromatic heterocycles. The molecular formula is C22H28Cl2N4O6. The highest BCUT2D eigenvalue weighted by Gasteiger charge is 2.44. The van der Waals surface area contributed by atoms with Crippen LogP contribution in [0, 0.1) is 5.92 Å². The summed E-state index contributed by atoms with van der Waals surface area (Å²) >= 11 is 12.2. The van der Waals surface area contributed by atoms with Gasteiger partial charge in [-0.15, -0.1) is 0 Å². The maximum atomic E-state index is 13.5. The van der Waals surface area contributed by atoms with Crippen molar-refractivity contribution in [3.63, 3.8) is 0 Å². The van der Waals surface area contributed by atoms with Crippen LogP contribution in [0.2, 0.25) is 10.0 Å². The second kappa shape index (κ2) is 11.3. The van der Waals surface area contributed by atoms with Crippen molar-refractivity contribution >= 4 is 46.9 Å². The van der Waals surface area contributed by atoms with Gasteiger partial charge in [0.05, 0.1) is 28.6 Å². The maximum Gasteiger partial charge on any atom is 0.308 e. The number of hydrogen-bond acceptors (Lipinski definition) is 7. The highest BCUT2D eigenvalue weighted by molar-refractivity contribution is 6.39. The van der Waals surface area contributed by atoms with Crippen molar-refractivity contribution in [1.29, 1.82) is 0 Å². The fourth-order valence-electron chi connectivity index (χ4n) is 4.07. The van der Waals surface area contributed by atoms with Crippen molar-refractivity contribution in [2.45, 2.75) is 64.8 Å². The number of carbonyl (C=O) groups excluding carboxylic acids is 4. The van der Waals surface area contributed by atoms with Gasteiger partial charge in [-0.3, -0.25) is 29.0 Å². The first kappa shape index (κ1) is 26.2. The smallest absolute Gasteiger partial charge is 0.308 e. The van der Waals surface area contributed by atoms with E-state index in [0.717, 1.165) is 5.06 Å². The third-order valence-corrected chi connectivity index (χ3v) is 6.30. The minimum atomic E-state index is -0.925. The van der Waals surface area contributed by atoms with Gasteiger partial charge < -0.3 is 15.0 Å². The Labute approximate surface area is 207 Å². The average molecular weight is 515 g/mol. The quantitative estimate of drug-likeness (QED) is 0.418. The molecule has 0 radical (unpaired) electrons. The summed E-state index contributed by atoms with van der Waals surface area (Å²) in [4.78, 5) is 62.1. The summed E-state index contributed by atoms with van der Waals surface area (Å²) in [5.74, 6) is -2.16. The number of amides is 3. The van der Waals surface area contributed by atoms with Crippen LogP contribution in [-0.4, -0.2) is 70.1 Å². The lowest BCUT2D eigenvalue weighted by atomic mass is 10.0. The van der Waals surface area contributed by atoms with E-state index in [1.54, 1.807) is 20.8 Å². The lowest BCUT2D eigenvalue weighted by Gasteiger charge is -2.34. The Bertz CT molecular complexity index is 939. The Morgan fingerprint density at radius 3 is 2.50 bits per heavy atom. The van der Waals surface area contributed by atoms with Gasteiger partial charge in [-0.25, -0.2) is 0 Å². The van der Waals surface area contributed by atoms with E-state index in [0.29, 0.717) is 25.8 Å².